The van der Waals surface area contributed by atoms with Crippen molar-refractivity contribution in [3.8, 4) is 11.5 Å². The highest BCUT2D eigenvalue weighted by Gasteiger charge is 2.16. The Kier molecular flexibility index (Phi) is 4.55. The van der Waals surface area contributed by atoms with E-state index in [1.807, 2.05) is 0 Å². The standard InChI is InChI=1S/C15H15ClN2O3/c1-20-9-6-7-11(16)13(8-9)18-15(19)10-4-3-5-12(17)14(10)21-2/h3-8H,17H2,1-2H3,(H,18,19). The van der Waals surface area contributed by atoms with Gasteiger partial charge >= 0.3 is 0 Å². The van der Waals surface area contributed by atoms with E-state index >= 15 is 0 Å². The van der Waals surface area contributed by atoms with E-state index in [9.17, 15) is 4.79 Å². The first kappa shape index (κ1) is 15.0. The van der Waals surface area contributed by atoms with E-state index in [1.54, 1.807) is 36.4 Å². The number of methoxy groups -OCH3 is 2. The Morgan fingerprint density at radius 2 is 1.95 bits per heavy atom. The van der Waals surface area contributed by atoms with Crippen LogP contribution < -0.4 is 20.5 Å². The van der Waals surface area contributed by atoms with Gasteiger partial charge in [-0.3, -0.25) is 4.79 Å². The van der Waals surface area contributed by atoms with Crippen LogP contribution in [0.2, 0.25) is 5.02 Å². The van der Waals surface area contributed by atoms with Crippen LogP contribution >= 0.6 is 11.6 Å². The van der Waals surface area contributed by atoms with Crippen LogP contribution in [0.15, 0.2) is 36.4 Å². The minimum atomic E-state index is -0.366. The van der Waals surface area contributed by atoms with Gasteiger partial charge in [0.05, 0.1) is 36.2 Å². The largest absolute Gasteiger partial charge is 0.497 e. The molecule has 0 heterocycles. The van der Waals surface area contributed by atoms with Gasteiger partial charge in [-0.1, -0.05) is 17.7 Å². The van der Waals surface area contributed by atoms with Crippen molar-refractivity contribution in [2.45, 2.75) is 0 Å². The van der Waals surface area contributed by atoms with Crippen molar-refractivity contribution in [3.05, 3.63) is 47.0 Å². The first-order chi connectivity index (χ1) is 10.1. The van der Waals surface area contributed by atoms with Crippen LogP contribution in [0.5, 0.6) is 11.5 Å². The zero-order chi connectivity index (χ0) is 15.4. The van der Waals surface area contributed by atoms with E-state index in [2.05, 4.69) is 5.32 Å². The summed E-state index contributed by atoms with van der Waals surface area (Å²) in [6, 6.07) is 9.96. The number of halogens is 1. The number of nitrogens with two attached hydrogens (primary N) is 1. The SMILES string of the molecule is COc1ccc(Cl)c(NC(=O)c2cccc(N)c2OC)c1. The van der Waals surface area contributed by atoms with Crippen LogP contribution in [0.3, 0.4) is 0 Å². The van der Waals surface area contributed by atoms with Crippen molar-refractivity contribution in [2.75, 3.05) is 25.3 Å². The molecule has 0 aliphatic rings. The Hall–Kier alpha value is -2.40. The number of amides is 1. The Labute approximate surface area is 127 Å². The zero-order valence-electron chi connectivity index (χ0n) is 11.6. The molecule has 21 heavy (non-hydrogen) atoms. The zero-order valence-corrected chi connectivity index (χ0v) is 12.4. The molecule has 2 aromatic carbocycles. The number of carbonyl (C=O) groups is 1. The van der Waals surface area contributed by atoms with E-state index in [1.165, 1.54) is 14.2 Å². The van der Waals surface area contributed by atoms with Crippen LogP contribution in [0.4, 0.5) is 11.4 Å². The molecule has 0 aromatic heterocycles. The Morgan fingerprint density at radius 3 is 2.62 bits per heavy atom. The smallest absolute Gasteiger partial charge is 0.259 e. The molecule has 0 spiro atoms. The lowest BCUT2D eigenvalue weighted by molar-refractivity contribution is 0.102. The van der Waals surface area contributed by atoms with Gasteiger partial charge in [0, 0.05) is 6.07 Å². The third-order valence-corrected chi connectivity index (χ3v) is 3.25. The molecule has 0 unspecified atom stereocenters. The first-order valence-electron chi connectivity index (χ1n) is 6.14. The first-order valence-corrected chi connectivity index (χ1v) is 6.52. The number of nitrogen functional groups attached to an aromatic ring is 1. The average molecular weight is 307 g/mol. The van der Waals surface area contributed by atoms with Crippen molar-refractivity contribution in [2.24, 2.45) is 0 Å². The van der Waals surface area contributed by atoms with Crippen LogP contribution in [-0.4, -0.2) is 20.1 Å². The average Bonchev–Trinajstić information content (AvgIpc) is 2.49. The van der Waals surface area contributed by atoms with E-state index in [4.69, 9.17) is 26.8 Å². The van der Waals surface area contributed by atoms with Crippen molar-refractivity contribution < 1.29 is 14.3 Å². The molecular formula is C15H15ClN2O3. The number of ether oxygens (including phenoxy) is 2. The number of carbonyl (C=O) groups excluding carboxylic acids is 1. The Balaban J connectivity index is 2.32. The summed E-state index contributed by atoms with van der Waals surface area (Å²) in [5, 5.41) is 3.13. The molecule has 2 rings (SSSR count). The second-order valence-corrected chi connectivity index (χ2v) is 4.64. The molecule has 0 atom stereocenters. The normalized spacial score (nSPS) is 10.0. The van der Waals surface area contributed by atoms with Crippen molar-refractivity contribution >= 4 is 28.9 Å². The molecule has 2 aromatic rings. The predicted molar refractivity (Wildman–Crippen MR) is 83.4 cm³/mol. The third-order valence-electron chi connectivity index (χ3n) is 2.92. The fourth-order valence-electron chi connectivity index (χ4n) is 1.88. The minimum Gasteiger partial charge on any atom is -0.497 e. The monoisotopic (exact) mass is 306 g/mol. The molecule has 0 saturated heterocycles. The maximum absolute atomic E-state index is 12.4. The fraction of sp³-hybridized carbons (Fsp3) is 0.133. The van der Waals surface area contributed by atoms with Gasteiger partial charge in [-0.2, -0.15) is 0 Å². The van der Waals surface area contributed by atoms with Gasteiger partial charge in [-0.15, -0.1) is 0 Å². The highest BCUT2D eigenvalue weighted by atomic mass is 35.5. The Morgan fingerprint density at radius 1 is 1.19 bits per heavy atom. The summed E-state index contributed by atoms with van der Waals surface area (Å²) in [6.07, 6.45) is 0. The lowest BCUT2D eigenvalue weighted by Gasteiger charge is -2.12. The highest BCUT2D eigenvalue weighted by molar-refractivity contribution is 6.34. The quantitative estimate of drug-likeness (QED) is 0.851. The number of para-hydroxylation sites is 1. The van der Waals surface area contributed by atoms with E-state index < -0.39 is 0 Å². The lowest BCUT2D eigenvalue weighted by atomic mass is 10.1. The molecule has 0 saturated carbocycles. The number of hydrogen-bond donors (Lipinski definition) is 2. The second kappa shape index (κ2) is 6.37. The summed E-state index contributed by atoms with van der Waals surface area (Å²) >= 11 is 6.06. The molecule has 0 aliphatic heterocycles. The number of anilines is 2. The Bertz CT molecular complexity index is 674. The van der Waals surface area contributed by atoms with Gasteiger partial charge in [-0.05, 0) is 24.3 Å². The highest BCUT2D eigenvalue weighted by Crippen LogP contribution is 2.30. The van der Waals surface area contributed by atoms with E-state index in [0.717, 1.165) is 0 Å². The lowest BCUT2D eigenvalue weighted by Crippen LogP contribution is -2.14. The fourth-order valence-corrected chi connectivity index (χ4v) is 2.04. The summed E-state index contributed by atoms with van der Waals surface area (Å²) in [5.41, 5.74) is 6.96. The summed E-state index contributed by atoms with van der Waals surface area (Å²) in [5.74, 6) is 0.553. The molecular weight excluding hydrogens is 292 g/mol. The number of rotatable bonds is 4. The molecule has 3 N–H and O–H groups in total. The molecule has 5 nitrogen and oxygen atoms in total. The number of hydrogen-bond acceptors (Lipinski definition) is 4. The summed E-state index contributed by atoms with van der Waals surface area (Å²) in [4.78, 5) is 12.4. The van der Waals surface area contributed by atoms with Gasteiger partial charge < -0.3 is 20.5 Å². The second-order valence-electron chi connectivity index (χ2n) is 4.23. The minimum absolute atomic E-state index is 0.328. The van der Waals surface area contributed by atoms with Crippen LogP contribution in [0.1, 0.15) is 10.4 Å². The summed E-state index contributed by atoms with van der Waals surface area (Å²) < 4.78 is 10.3. The summed E-state index contributed by atoms with van der Waals surface area (Å²) in [6.45, 7) is 0. The van der Waals surface area contributed by atoms with E-state index in [0.29, 0.717) is 33.5 Å². The van der Waals surface area contributed by atoms with Crippen molar-refractivity contribution in [1.82, 2.24) is 0 Å². The van der Waals surface area contributed by atoms with Crippen LogP contribution in [0.25, 0.3) is 0 Å². The van der Waals surface area contributed by atoms with Gasteiger partial charge in [0.25, 0.3) is 5.91 Å². The maximum Gasteiger partial charge on any atom is 0.259 e. The van der Waals surface area contributed by atoms with Gasteiger partial charge in [0.1, 0.15) is 5.75 Å². The van der Waals surface area contributed by atoms with Crippen molar-refractivity contribution in [1.29, 1.82) is 0 Å². The molecule has 0 bridgehead atoms. The molecule has 1 amide bonds. The van der Waals surface area contributed by atoms with Crippen molar-refractivity contribution in [3.63, 3.8) is 0 Å². The molecule has 0 radical (unpaired) electrons. The third kappa shape index (κ3) is 3.20. The molecule has 6 heteroatoms. The predicted octanol–water partition coefficient (Wildman–Crippen LogP) is 3.19. The van der Waals surface area contributed by atoms with E-state index in [-0.39, 0.29) is 5.91 Å². The van der Waals surface area contributed by atoms with Gasteiger partial charge in [0.15, 0.2) is 5.75 Å². The van der Waals surface area contributed by atoms with Crippen LogP contribution in [-0.2, 0) is 0 Å². The summed E-state index contributed by atoms with van der Waals surface area (Å²) in [7, 11) is 3.00. The maximum atomic E-state index is 12.4. The number of nitrogens with one attached hydrogen (secondary N) is 1. The van der Waals surface area contributed by atoms with Gasteiger partial charge in [0.2, 0.25) is 0 Å². The topological polar surface area (TPSA) is 73.6 Å². The number of benzene rings is 2. The van der Waals surface area contributed by atoms with Crippen LogP contribution in [0, 0.1) is 0 Å². The van der Waals surface area contributed by atoms with Gasteiger partial charge in [-0.25, -0.2) is 0 Å². The molecule has 0 aliphatic carbocycles. The molecule has 110 valence electrons. The molecule has 0 fully saturated rings.